The molecule has 2 aliphatic rings. The molecule has 1 heterocycles. The lowest BCUT2D eigenvalue weighted by Crippen LogP contribution is -2.48. The van der Waals surface area contributed by atoms with Crippen molar-refractivity contribution in [3.05, 3.63) is 34.9 Å². The zero-order chi connectivity index (χ0) is 19.1. The van der Waals surface area contributed by atoms with Gasteiger partial charge in [0, 0.05) is 13.1 Å². The predicted octanol–water partition coefficient (Wildman–Crippen LogP) is 2.97. The molecule has 1 amide bonds. The smallest absolute Gasteiger partial charge is 0.407 e. The summed E-state index contributed by atoms with van der Waals surface area (Å²) >= 11 is 0. The Morgan fingerprint density at radius 3 is 2.58 bits per heavy atom. The van der Waals surface area contributed by atoms with Crippen LogP contribution in [0.25, 0.3) is 0 Å². The van der Waals surface area contributed by atoms with Crippen LogP contribution in [0.5, 0.6) is 0 Å². The molecule has 7 heteroatoms. The second-order valence-electron chi connectivity index (χ2n) is 8.27. The molecule has 1 spiro atoms. The van der Waals surface area contributed by atoms with Crippen LogP contribution in [0, 0.1) is 16.7 Å². The van der Waals surface area contributed by atoms with E-state index in [-0.39, 0.29) is 11.5 Å². The molecule has 26 heavy (non-hydrogen) atoms. The summed E-state index contributed by atoms with van der Waals surface area (Å²) < 4.78 is 15.7. The van der Waals surface area contributed by atoms with E-state index in [1.807, 2.05) is 39.0 Å². The van der Waals surface area contributed by atoms with Crippen LogP contribution in [-0.4, -0.2) is 38.1 Å². The summed E-state index contributed by atoms with van der Waals surface area (Å²) in [4.78, 5) is 12.7. The molecule has 1 fully saturated rings. The third kappa shape index (κ3) is 3.36. The van der Waals surface area contributed by atoms with Crippen molar-refractivity contribution in [1.29, 1.82) is 5.26 Å². The topological polar surface area (TPSA) is 93.4 Å². The Balaban J connectivity index is 1.95. The van der Waals surface area contributed by atoms with Crippen molar-refractivity contribution < 1.29 is 14.1 Å². The van der Waals surface area contributed by atoms with Crippen molar-refractivity contribution in [2.24, 2.45) is 5.41 Å². The summed E-state index contributed by atoms with van der Waals surface area (Å²) in [5.74, 6) is 0. The van der Waals surface area contributed by atoms with Gasteiger partial charge in [0.2, 0.25) is 0 Å². The van der Waals surface area contributed by atoms with Gasteiger partial charge < -0.3 is 10.0 Å². The fraction of sp³-hybridized carbons (Fsp3) is 0.579. The van der Waals surface area contributed by atoms with Gasteiger partial charge in [-0.05, 0) is 68.7 Å². The normalized spacial score (nSPS) is 22.7. The number of hydrogen-bond acceptors (Lipinski definition) is 3. The van der Waals surface area contributed by atoms with E-state index in [4.69, 9.17) is 0 Å². The van der Waals surface area contributed by atoms with Crippen molar-refractivity contribution in [1.82, 2.24) is 9.62 Å². The lowest BCUT2D eigenvalue weighted by atomic mass is 9.73. The van der Waals surface area contributed by atoms with Gasteiger partial charge >= 0.3 is 6.09 Å². The molecule has 1 aliphatic heterocycles. The van der Waals surface area contributed by atoms with Crippen LogP contribution in [0.3, 0.4) is 0 Å². The Hall–Kier alpha value is -1.91. The number of hydrogen-bond donors (Lipinski definition) is 2. The number of fused-ring (bicyclic) bond motifs is 1. The number of nitrogens with zero attached hydrogens (tertiary/aromatic N) is 2. The van der Waals surface area contributed by atoms with Crippen molar-refractivity contribution in [2.75, 3.05) is 13.1 Å². The molecule has 1 saturated heterocycles. The number of rotatable bonds is 2. The van der Waals surface area contributed by atoms with Crippen LogP contribution in [0.4, 0.5) is 4.79 Å². The van der Waals surface area contributed by atoms with Crippen LogP contribution in [-0.2, 0) is 17.4 Å². The highest BCUT2D eigenvalue weighted by molar-refractivity contribution is 7.84. The number of nitrogens with one attached hydrogen (secondary N) is 1. The molecule has 0 bridgehead atoms. The van der Waals surface area contributed by atoms with E-state index in [1.54, 1.807) is 0 Å². The largest absolute Gasteiger partial charge is 0.465 e. The van der Waals surface area contributed by atoms with Gasteiger partial charge in [-0.2, -0.15) is 5.26 Å². The lowest BCUT2D eigenvalue weighted by Gasteiger charge is -2.43. The average Bonchev–Trinajstić information content (AvgIpc) is 2.87. The summed E-state index contributed by atoms with van der Waals surface area (Å²) in [7, 11) is -1.25. The highest BCUT2D eigenvalue weighted by Gasteiger charge is 2.49. The van der Waals surface area contributed by atoms with E-state index < -0.39 is 21.8 Å². The van der Waals surface area contributed by atoms with E-state index in [0.29, 0.717) is 18.7 Å². The molecule has 0 aromatic heterocycles. The van der Waals surface area contributed by atoms with Gasteiger partial charge in [-0.1, -0.05) is 6.07 Å². The summed E-state index contributed by atoms with van der Waals surface area (Å²) in [6.07, 6.45) is 1.37. The second kappa shape index (κ2) is 6.67. The standard InChI is InChI=1S/C19H25N3O3S/c1-18(2,3)26(25)21-16-15-10-13(12-20)4-5-14(15)11-19(16)6-8-22(9-7-19)17(23)24/h4-5,10,16,21H,6-9,11H2,1-3H3,(H,23,24)/t16-,26?/m1/s1. The number of likely N-dealkylation sites (tertiary alicyclic amines) is 1. The van der Waals surface area contributed by atoms with Crippen molar-refractivity contribution in [3.8, 4) is 6.07 Å². The van der Waals surface area contributed by atoms with Gasteiger partial charge in [0.25, 0.3) is 0 Å². The quantitative estimate of drug-likeness (QED) is 0.831. The first-order chi connectivity index (χ1) is 12.2. The Morgan fingerprint density at radius 2 is 2.04 bits per heavy atom. The SMILES string of the molecule is CC(C)(C)S(=O)N[C@@H]1c2cc(C#N)ccc2CC12CCN(C(=O)O)CC2. The van der Waals surface area contributed by atoms with Crippen molar-refractivity contribution in [2.45, 2.75) is 50.8 Å². The molecular weight excluding hydrogens is 350 g/mol. The van der Waals surface area contributed by atoms with Crippen molar-refractivity contribution in [3.63, 3.8) is 0 Å². The predicted molar refractivity (Wildman–Crippen MR) is 99.9 cm³/mol. The third-order valence-electron chi connectivity index (χ3n) is 5.55. The Morgan fingerprint density at radius 1 is 1.38 bits per heavy atom. The first-order valence-electron chi connectivity index (χ1n) is 8.85. The van der Waals surface area contributed by atoms with Crippen molar-refractivity contribution >= 4 is 17.1 Å². The molecule has 140 valence electrons. The van der Waals surface area contributed by atoms with Crippen LogP contribution in [0.15, 0.2) is 18.2 Å². The third-order valence-corrected chi connectivity index (χ3v) is 7.11. The second-order valence-corrected chi connectivity index (χ2v) is 10.3. The number of nitriles is 1. The summed E-state index contributed by atoms with van der Waals surface area (Å²) in [5, 5.41) is 18.5. The number of amides is 1. The fourth-order valence-electron chi connectivity index (χ4n) is 3.99. The highest BCUT2D eigenvalue weighted by atomic mass is 32.2. The average molecular weight is 375 g/mol. The van der Waals surface area contributed by atoms with Gasteiger partial charge in [0.05, 0.1) is 33.4 Å². The van der Waals surface area contributed by atoms with Crippen LogP contribution < -0.4 is 4.72 Å². The summed E-state index contributed by atoms with van der Waals surface area (Å²) in [6.45, 7) is 6.75. The lowest BCUT2D eigenvalue weighted by molar-refractivity contribution is 0.0768. The first kappa shape index (κ1) is 18.9. The molecule has 1 aromatic carbocycles. The Kier molecular flexibility index (Phi) is 4.84. The molecule has 2 atom stereocenters. The number of carboxylic acid groups (broad SMARTS) is 1. The fourth-order valence-corrected chi connectivity index (χ4v) is 4.93. The summed E-state index contributed by atoms with van der Waals surface area (Å²) in [5.41, 5.74) is 2.63. The molecule has 1 aliphatic carbocycles. The van der Waals surface area contributed by atoms with E-state index in [2.05, 4.69) is 10.8 Å². The maximum atomic E-state index is 12.8. The van der Waals surface area contributed by atoms with E-state index in [0.717, 1.165) is 30.4 Å². The number of benzene rings is 1. The Labute approximate surface area is 156 Å². The molecule has 3 rings (SSSR count). The molecule has 1 aromatic rings. The summed E-state index contributed by atoms with van der Waals surface area (Å²) in [6, 6.07) is 7.75. The maximum absolute atomic E-state index is 12.8. The van der Waals surface area contributed by atoms with Gasteiger partial charge in [0.1, 0.15) is 0 Å². The van der Waals surface area contributed by atoms with Crippen LogP contribution in [0.1, 0.15) is 56.3 Å². The molecule has 0 radical (unpaired) electrons. The minimum atomic E-state index is -1.25. The van der Waals surface area contributed by atoms with Gasteiger partial charge in [-0.25, -0.2) is 13.7 Å². The molecule has 1 unspecified atom stereocenters. The zero-order valence-corrected chi connectivity index (χ0v) is 16.2. The number of carbonyl (C=O) groups is 1. The monoisotopic (exact) mass is 375 g/mol. The minimum Gasteiger partial charge on any atom is -0.465 e. The Bertz CT molecular complexity index is 786. The van der Waals surface area contributed by atoms with Gasteiger partial charge in [0.15, 0.2) is 0 Å². The molecule has 2 N–H and O–H groups in total. The van der Waals surface area contributed by atoms with Gasteiger partial charge in [-0.3, -0.25) is 0 Å². The molecular formula is C19H25N3O3S. The van der Waals surface area contributed by atoms with E-state index in [9.17, 15) is 19.4 Å². The van der Waals surface area contributed by atoms with Gasteiger partial charge in [-0.15, -0.1) is 0 Å². The van der Waals surface area contributed by atoms with Crippen LogP contribution >= 0.6 is 0 Å². The molecule has 6 nitrogen and oxygen atoms in total. The van der Waals surface area contributed by atoms with Crippen LogP contribution in [0.2, 0.25) is 0 Å². The highest BCUT2D eigenvalue weighted by Crippen LogP contribution is 2.52. The number of piperidine rings is 1. The van der Waals surface area contributed by atoms with E-state index in [1.165, 1.54) is 4.90 Å². The first-order valence-corrected chi connectivity index (χ1v) is 10.0. The zero-order valence-electron chi connectivity index (χ0n) is 15.4. The maximum Gasteiger partial charge on any atom is 0.407 e. The minimum absolute atomic E-state index is 0.137. The van der Waals surface area contributed by atoms with E-state index >= 15 is 0 Å². The molecule has 0 saturated carbocycles.